The monoisotopic (exact) mass is 532 g/mol. The van der Waals surface area contributed by atoms with Crippen molar-refractivity contribution in [2.75, 3.05) is 47.8 Å². The van der Waals surface area contributed by atoms with E-state index in [0.29, 0.717) is 36.4 Å². The molecule has 4 rings (SSSR count). The van der Waals surface area contributed by atoms with Crippen LogP contribution in [0.4, 0.5) is 17.1 Å². The first-order valence-electron chi connectivity index (χ1n) is 13.4. The number of carboxylic acid groups (broad SMARTS) is 1. The summed E-state index contributed by atoms with van der Waals surface area (Å²) in [6, 6.07) is 17.1. The van der Waals surface area contributed by atoms with Crippen LogP contribution in [-0.2, 0) is 4.79 Å². The largest absolute Gasteiger partial charge is 0.481 e. The summed E-state index contributed by atoms with van der Waals surface area (Å²) in [7, 11) is 0. The Balaban J connectivity index is 1.46. The molecule has 9 nitrogen and oxygen atoms in total. The maximum absolute atomic E-state index is 13.0. The van der Waals surface area contributed by atoms with Crippen molar-refractivity contribution in [1.29, 1.82) is 0 Å². The number of amides is 2. The smallest absolute Gasteiger partial charge is 0.303 e. The van der Waals surface area contributed by atoms with Gasteiger partial charge < -0.3 is 30.0 Å². The second-order valence-corrected chi connectivity index (χ2v) is 9.82. The second kappa shape index (κ2) is 13.0. The summed E-state index contributed by atoms with van der Waals surface area (Å²) in [5.41, 5.74) is 4.31. The first-order valence-corrected chi connectivity index (χ1v) is 13.4. The highest BCUT2D eigenvalue weighted by Crippen LogP contribution is 2.30. The van der Waals surface area contributed by atoms with Gasteiger partial charge in [-0.1, -0.05) is 24.6 Å². The van der Waals surface area contributed by atoms with E-state index in [4.69, 9.17) is 9.52 Å². The molecule has 9 heteroatoms. The number of carbonyl (C=O) groups excluding carboxylic acids is 2. The lowest BCUT2D eigenvalue weighted by molar-refractivity contribution is -0.137. The van der Waals surface area contributed by atoms with E-state index in [1.54, 1.807) is 31.2 Å². The van der Waals surface area contributed by atoms with Crippen LogP contribution >= 0.6 is 0 Å². The van der Waals surface area contributed by atoms with Gasteiger partial charge in [0, 0.05) is 50.4 Å². The molecule has 2 amide bonds. The number of anilines is 3. The van der Waals surface area contributed by atoms with Crippen molar-refractivity contribution in [3.05, 3.63) is 77.2 Å². The van der Waals surface area contributed by atoms with Crippen LogP contribution in [-0.4, -0.2) is 55.6 Å². The van der Waals surface area contributed by atoms with E-state index in [0.717, 1.165) is 38.3 Å². The predicted octanol–water partition coefficient (Wildman–Crippen LogP) is 4.85. The molecule has 1 aromatic heterocycles. The normalized spacial score (nSPS) is 13.3. The third kappa shape index (κ3) is 7.40. The van der Waals surface area contributed by atoms with Crippen LogP contribution in [0.15, 0.2) is 59.0 Å². The molecule has 0 saturated carbocycles. The van der Waals surface area contributed by atoms with Crippen molar-refractivity contribution >= 4 is 34.8 Å². The summed E-state index contributed by atoms with van der Waals surface area (Å²) >= 11 is 0. The maximum atomic E-state index is 13.0. The summed E-state index contributed by atoms with van der Waals surface area (Å²) in [6.45, 7) is 7.54. The van der Waals surface area contributed by atoms with E-state index in [2.05, 4.69) is 45.6 Å². The third-order valence-electron chi connectivity index (χ3n) is 6.90. The first kappa shape index (κ1) is 27.8. The van der Waals surface area contributed by atoms with Gasteiger partial charge in [0.25, 0.3) is 11.8 Å². The van der Waals surface area contributed by atoms with Gasteiger partial charge in [-0.05, 0) is 68.7 Å². The molecule has 2 heterocycles. The van der Waals surface area contributed by atoms with Crippen molar-refractivity contribution in [2.45, 2.75) is 39.5 Å². The minimum absolute atomic E-state index is 0.132. The molecule has 39 heavy (non-hydrogen) atoms. The topological polar surface area (TPSA) is 115 Å². The molecule has 3 aromatic rings. The number of carbonyl (C=O) groups is 3. The molecule has 0 bridgehead atoms. The van der Waals surface area contributed by atoms with Gasteiger partial charge in [0.05, 0.1) is 11.4 Å². The Morgan fingerprint density at radius 2 is 1.56 bits per heavy atom. The van der Waals surface area contributed by atoms with Gasteiger partial charge in [0.1, 0.15) is 5.76 Å². The summed E-state index contributed by atoms with van der Waals surface area (Å²) in [6.07, 6.45) is 2.14. The van der Waals surface area contributed by atoms with Crippen LogP contribution in [0, 0.1) is 13.8 Å². The fraction of sp³-hybridized carbons (Fsp3) is 0.367. The molecular formula is C30H36N4O5. The fourth-order valence-electron chi connectivity index (χ4n) is 4.78. The molecule has 1 fully saturated rings. The van der Waals surface area contributed by atoms with Gasteiger partial charge in [0.2, 0.25) is 0 Å². The highest BCUT2D eigenvalue weighted by Gasteiger charge is 2.23. The number of unbranched alkanes of at least 4 members (excludes halogenated alkanes) is 2. The van der Waals surface area contributed by atoms with Crippen LogP contribution in [0.2, 0.25) is 0 Å². The summed E-state index contributed by atoms with van der Waals surface area (Å²) in [5.74, 6) is -0.578. The van der Waals surface area contributed by atoms with Crippen molar-refractivity contribution in [3.8, 4) is 0 Å². The number of furan rings is 1. The zero-order chi connectivity index (χ0) is 27.8. The summed E-state index contributed by atoms with van der Waals surface area (Å²) in [4.78, 5) is 41.1. The Hall–Kier alpha value is -4.27. The zero-order valence-corrected chi connectivity index (χ0v) is 22.5. The standard InChI is InChI=1S/C30H36N4O5/c1-21-8-5-6-9-25(21)33-16-18-34(19-17-33)26-13-12-23(29(37)31-15-7-3-4-10-28(35)36)20-24(26)32-30(38)27-14-11-22(2)39-27/h5-6,8-9,11-14,20H,3-4,7,10,15-19H2,1-2H3,(H,31,37)(H,32,38)(H,35,36). The predicted molar refractivity (Wildman–Crippen MR) is 152 cm³/mol. The number of nitrogens with zero attached hydrogens (tertiary/aromatic N) is 2. The number of carboxylic acids is 1. The van der Waals surface area contributed by atoms with E-state index in [-0.39, 0.29) is 24.0 Å². The molecule has 2 aromatic carbocycles. The first-order chi connectivity index (χ1) is 18.8. The quantitative estimate of drug-likeness (QED) is 0.302. The van der Waals surface area contributed by atoms with E-state index in [1.807, 2.05) is 12.1 Å². The van der Waals surface area contributed by atoms with Gasteiger partial charge in [-0.15, -0.1) is 0 Å². The van der Waals surface area contributed by atoms with E-state index < -0.39 is 5.97 Å². The molecule has 1 aliphatic rings. The van der Waals surface area contributed by atoms with Crippen molar-refractivity contribution in [3.63, 3.8) is 0 Å². The van der Waals surface area contributed by atoms with Gasteiger partial charge in [-0.25, -0.2) is 0 Å². The lowest BCUT2D eigenvalue weighted by Crippen LogP contribution is -2.47. The number of para-hydroxylation sites is 1. The zero-order valence-electron chi connectivity index (χ0n) is 22.5. The number of benzene rings is 2. The number of rotatable bonds is 11. The summed E-state index contributed by atoms with van der Waals surface area (Å²) in [5, 5.41) is 14.6. The van der Waals surface area contributed by atoms with Crippen LogP contribution < -0.4 is 20.4 Å². The van der Waals surface area contributed by atoms with E-state index in [1.165, 1.54) is 11.3 Å². The molecule has 0 aliphatic carbocycles. The molecule has 1 saturated heterocycles. The average molecular weight is 533 g/mol. The number of aryl methyl sites for hydroxylation is 2. The highest BCUT2D eigenvalue weighted by molar-refractivity contribution is 6.05. The fourth-order valence-corrected chi connectivity index (χ4v) is 4.78. The molecule has 3 N–H and O–H groups in total. The van der Waals surface area contributed by atoms with Gasteiger partial charge in [0.15, 0.2) is 5.76 Å². The molecule has 206 valence electrons. The number of piperazine rings is 1. The van der Waals surface area contributed by atoms with E-state index >= 15 is 0 Å². The Morgan fingerprint density at radius 3 is 2.23 bits per heavy atom. The SMILES string of the molecule is Cc1ccc(C(=O)Nc2cc(C(=O)NCCCCCC(=O)O)ccc2N2CCN(c3ccccc3C)CC2)o1. The minimum atomic E-state index is -0.810. The number of nitrogens with one attached hydrogen (secondary N) is 2. The molecular weight excluding hydrogens is 496 g/mol. The summed E-state index contributed by atoms with van der Waals surface area (Å²) < 4.78 is 5.51. The molecule has 0 atom stereocenters. The van der Waals surface area contributed by atoms with Crippen molar-refractivity contribution < 1.29 is 23.9 Å². The van der Waals surface area contributed by atoms with Crippen LogP contribution in [0.5, 0.6) is 0 Å². The lowest BCUT2D eigenvalue weighted by atomic mass is 10.1. The maximum Gasteiger partial charge on any atom is 0.303 e. The molecule has 0 spiro atoms. The molecule has 0 unspecified atom stereocenters. The number of hydrogen-bond donors (Lipinski definition) is 3. The van der Waals surface area contributed by atoms with Crippen molar-refractivity contribution in [2.24, 2.45) is 0 Å². The van der Waals surface area contributed by atoms with Crippen LogP contribution in [0.25, 0.3) is 0 Å². The Morgan fingerprint density at radius 1 is 0.846 bits per heavy atom. The van der Waals surface area contributed by atoms with Crippen LogP contribution in [0.3, 0.4) is 0 Å². The van der Waals surface area contributed by atoms with Gasteiger partial charge >= 0.3 is 5.97 Å². The Labute approximate surface area is 228 Å². The Kier molecular flexibility index (Phi) is 9.25. The molecule has 1 aliphatic heterocycles. The lowest BCUT2D eigenvalue weighted by Gasteiger charge is -2.38. The molecule has 0 radical (unpaired) electrons. The second-order valence-electron chi connectivity index (χ2n) is 9.82. The highest BCUT2D eigenvalue weighted by atomic mass is 16.4. The Bertz CT molecular complexity index is 1310. The van der Waals surface area contributed by atoms with Gasteiger partial charge in [-0.3, -0.25) is 14.4 Å². The van der Waals surface area contributed by atoms with E-state index in [9.17, 15) is 14.4 Å². The number of aliphatic carboxylic acids is 1. The average Bonchev–Trinajstić information content (AvgIpc) is 3.37. The number of hydrogen-bond acceptors (Lipinski definition) is 6. The van der Waals surface area contributed by atoms with Crippen molar-refractivity contribution in [1.82, 2.24) is 5.32 Å². The van der Waals surface area contributed by atoms with Crippen LogP contribution in [0.1, 0.15) is 57.9 Å². The minimum Gasteiger partial charge on any atom is -0.481 e. The van der Waals surface area contributed by atoms with Gasteiger partial charge in [-0.2, -0.15) is 0 Å². The third-order valence-corrected chi connectivity index (χ3v) is 6.90.